The number of nitrogens with zero attached hydrogens (tertiary/aromatic N) is 5. The molecule has 0 saturated carbocycles. The summed E-state index contributed by atoms with van der Waals surface area (Å²) in [5.41, 5.74) is 6.70. The Morgan fingerprint density at radius 3 is 2.89 bits per heavy atom. The van der Waals surface area contributed by atoms with Crippen molar-refractivity contribution in [3.63, 3.8) is 0 Å². The highest BCUT2D eigenvalue weighted by molar-refractivity contribution is 7.98. The number of hydrogen-bond donors (Lipinski definition) is 1. The van der Waals surface area contributed by atoms with Gasteiger partial charge in [0.2, 0.25) is 0 Å². The number of rotatable bonds is 5. The molecular formula is C11H18N6S. The quantitative estimate of drug-likeness (QED) is 0.805. The molecule has 0 bridgehead atoms. The molecule has 0 aromatic carbocycles. The number of thioether (sulfide) groups is 1. The Morgan fingerprint density at radius 1 is 1.39 bits per heavy atom. The second-order valence-electron chi connectivity index (χ2n) is 4.39. The van der Waals surface area contributed by atoms with Crippen molar-refractivity contribution in [3.8, 4) is 0 Å². The maximum atomic E-state index is 5.90. The third-order valence-electron chi connectivity index (χ3n) is 2.58. The van der Waals surface area contributed by atoms with Gasteiger partial charge in [-0.3, -0.25) is 4.68 Å². The molecule has 0 aliphatic heterocycles. The molecule has 0 atom stereocenters. The summed E-state index contributed by atoms with van der Waals surface area (Å²) in [7, 11) is 5.99. The number of aryl methyl sites for hydroxylation is 1. The average Bonchev–Trinajstić information content (AvgIpc) is 2.67. The SMILES string of the molecule is CN(C)CCSCc1nc(N)c2cnn(C)c2n1. The lowest BCUT2D eigenvalue weighted by molar-refractivity contribution is 0.437. The molecule has 0 fully saturated rings. The summed E-state index contributed by atoms with van der Waals surface area (Å²) >= 11 is 1.81. The summed E-state index contributed by atoms with van der Waals surface area (Å²) in [6, 6.07) is 0. The van der Waals surface area contributed by atoms with Crippen LogP contribution in [0, 0.1) is 0 Å². The van der Waals surface area contributed by atoms with Crippen LogP contribution >= 0.6 is 11.8 Å². The molecule has 0 radical (unpaired) electrons. The molecule has 0 unspecified atom stereocenters. The van der Waals surface area contributed by atoms with E-state index >= 15 is 0 Å². The third-order valence-corrected chi connectivity index (χ3v) is 3.52. The Hall–Kier alpha value is -1.34. The summed E-state index contributed by atoms with van der Waals surface area (Å²) < 4.78 is 1.72. The predicted molar refractivity (Wildman–Crippen MR) is 75.4 cm³/mol. The zero-order chi connectivity index (χ0) is 13.1. The minimum Gasteiger partial charge on any atom is -0.383 e. The molecule has 0 spiro atoms. The van der Waals surface area contributed by atoms with E-state index in [0.717, 1.165) is 34.9 Å². The summed E-state index contributed by atoms with van der Waals surface area (Å²) in [6.07, 6.45) is 1.70. The van der Waals surface area contributed by atoms with Crippen LogP contribution in [-0.2, 0) is 12.8 Å². The van der Waals surface area contributed by atoms with E-state index in [1.165, 1.54) is 0 Å². The Kier molecular flexibility index (Phi) is 4.03. The highest BCUT2D eigenvalue weighted by atomic mass is 32.2. The Bertz CT molecular complexity index is 536. The first-order valence-electron chi connectivity index (χ1n) is 5.74. The number of aromatic nitrogens is 4. The van der Waals surface area contributed by atoms with Crippen LogP contribution in [0.4, 0.5) is 5.82 Å². The van der Waals surface area contributed by atoms with Gasteiger partial charge in [-0.25, -0.2) is 9.97 Å². The average molecular weight is 266 g/mol. The molecule has 2 N–H and O–H groups in total. The summed E-state index contributed by atoms with van der Waals surface area (Å²) in [6.45, 7) is 1.05. The summed E-state index contributed by atoms with van der Waals surface area (Å²) in [4.78, 5) is 11.0. The van der Waals surface area contributed by atoms with E-state index in [-0.39, 0.29) is 0 Å². The van der Waals surface area contributed by atoms with Crippen LogP contribution in [0.1, 0.15) is 5.82 Å². The molecule has 7 heteroatoms. The van der Waals surface area contributed by atoms with E-state index in [1.807, 2.05) is 18.8 Å². The fourth-order valence-electron chi connectivity index (χ4n) is 1.57. The van der Waals surface area contributed by atoms with Crippen LogP contribution < -0.4 is 5.73 Å². The van der Waals surface area contributed by atoms with Crippen molar-refractivity contribution in [1.29, 1.82) is 0 Å². The highest BCUT2D eigenvalue weighted by Crippen LogP contribution is 2.18. The second-order valence-corrected chi connectivity index (χ2v) is 5.49. The number of anilines is 1. The molecule has 2 aromatic heterocycles. The van der Waals surface area contributed by atoms with Crippen molar-refractivity contribution in [2.24, 2.45) is 7.05 Å². The normalized spacial score (nSPS) is 11.6. The van der Waals surface area contributed by atoms with E-state index < -0.39 is 0 Å². The Balaban J connectivity index is 2.07. The lowest BCUT2D eigenvalue weighted by Crippen LogP contribution is -2.15. The maximum absolute atomic E-state index is 5.90. The first kappa shape index (κ1) is 13.1. The smallest absolute Gasteiger partial charge is 0.163 e. The van der Waals surface area contributed by atoms with Gasteiger partial charge in [-0.2, -0.15) is 16.9 Å². The zero-order valence-corrected chi connectivity index (χ0v) is 11.7. The van der Waals surface area contributed by atoms with Gasteiger partial charge in [0, 0.05) is 19.3 Å². The van der Waals surface area contributed by atoms with Crippen molar-refractivity contribution < 1.29 is 0 Å². The van der Waals surface area contributed by atoms with Gasteiger partial charge in [0.15, 0.2) is 5.65 Å². The van der Waals surface area contributed by atoms with Crippen molar-refractivity contribution in [1.82, 2.24) is 24.6 Å². The lowest BCUT2D eigenvalue weighted by Gasteiger charge is -2.08. The van der Waals surface area contributed by atoms with Gasteiger partial charge in [0.1, 0.15) is 11.6 Å². The van der Waals surface area contributed by atoms with E-state index in [2.05, 4.69) is 34.1 Å². The first-order valence-corrected chi connectivity index (χ1v) is 6.90. The van der Waals surface area contributed by atoms with Crippen LogP contribution in [0.5, 0.6) is 0 Å². The van der Waals surface area contributed by atoms with Crippen LogP contribution in [0.2, 0.25) is 0 Å². The number of fused-ring (bicyclic) bond motifs is 1. The van der Waals surface area contributed by atoms with Gasteiger partial charge in [0.25, 0.3) is 0 Å². The zero-order valence-electron chi connectivity index (χ0n) is 10.9. The number of nitrogens with two attached hydrogens (primary N) is 1. The number of hydrogen-bond acceptors (Lipinski definition) is 6. The summed E-state index contributed by atoms with van der Waals surface area (Å²) in [5.74, 6) is 3.11. The van der Waals surface area contributed by atoms with Crippen molar-refractivity contribution >= 4 is 28.6 Å². The minimum absolute atomic E-state index is 0.510. The number of nitrogen functional groups attached to an aromatic ring is 1. The predicted octanol–water partition coefficient (Wildman–Crippen LogP) is 0.740. The molecule has 98 valence electrons. The highest BCUT2D eigenvalue weighted by Gasteiger charge is 2.08. The molecule has 6 nitrogen and oxygen atoms in total. The van der Waals surface area contributed by atoms with Gasteiger partial charge in [0.05, 0.1) is 17.3 Å². The largest absolute Gasteiger partial charge is 0.383 e. The molecule has 0 saturated heterocycles. The van der Waals surface area contributed by atoms with Gasteiger partial charge < -0.3 is 10.6 Å². The Morgan fingerprint density at radius 2 is 2.17 bits per heavy atom. The van der Waals surface area contributed by atoms with Crippen molar-refractivity contribution in [3.05, 3.63) is 12.0 Å². The molecular weight excluding hydrogens is 248 g/mol. The fraction of sp³-hybridized carbons (Fsp3) is 0.545. The molecule has 18 heavy (non-hydrogen) atoms. The van der Waals surface area contributed by atoms with Crippen molar-refractivity contribution in [2.45, 2.75) is 5.75 Å². The van der Waals surface area contributed by atoms with E-state index in [4.69, 9.17) is 5.73 Å². The minimum atomic E-state index is 0.510. The monoisotopic (exact) mass is 266 g/mol. The molecule has 2 heterocycles. The van der Waals surface area contributed by atoms with Crippen LogP contribution in [0.25, 0.3) is 11.0 Å². The maximum Gasteiger partial charge on any atom is 0.163 e. The molecule has 2 aromatic rings. The lowest BCUT2D eigenvalue weighted by atomic mass is 10.4. The fourth-order valence-corrected chi connectivity index (χ4v) is 2.52. The first-order chi connectivity index (χ1) is 8.58. The van der Waals surface area contributed by atoms with E-state index in [1.54, 1.807) is 10.9 Å². The van der Waals surface area contributed by atoms with Crippen LogP contribution in [0.15, 0.2) is 6.20 Å². The van der Waals surface area contributed by atoms with E-state index in [0.29, 0.717) is 5.82 Å². The third kappa shape index (κ3) is 2.91. The molecule has 2 rings (SSSR count). The van der Waals surface area contributed by atoms with Crippen molar-refractivity contribution in [2.75, 3.05) is 32.1 Å². The summed E-state index contributed by atoms with van der Waals surface area (Å²) in [5, 5.41) is 4.96. The van der Waals surface area contributed by atoms with E-state index in [9.17, 15) is 0 Å². The van der Waals surface area contributed by atoms with Gasteiger partial charge >= 0.3 is 0 Å². The topological polar surface area (TPSA) is 72.9 Å². The molecule has 0 aliphatic carbocycles. The second kappa shape index (κ2) is 5.53. The molecule has 0 aliphatic rings. The van der Waals surface area contributed by atoms with Gasteiger partial charge in [-0.05, 0) is 14.1 Å². The van der Waals surface area contributed by atoms with Crippen LogP contribution in [-0.4, -0.2) is 51.0 Å². The van der Waals surface area contributed by atoms with Gasteiger partial charge in [-0.15, -0.1) is 0 Å². The Labute approximate surface area is 111 Å². The van der Waals surface area contributed by atoms with Crippen LogP contribution in [0.3, 0.4) is 0 Å². The molecule has 0 amide bonds. The van der Waals surface area contributed by atoms with Gasteiger partial charge in [-0.1, -0.05) is 0 Å². The standard InChI is InChI=1S/C11H18N6S/c1-16(2)4-5-18-7-9-14-10(12)8-6-13-17(3)11(8)15-9/h6H,4-5,7H2,1-3H3,(H2,12,14,15).